The molecule has 1 aliphatic heterocycles. The lowest BCUT2D eigenvalue weighted by Crippen LogP contribution is -2.39. The number of fused-ring (bicyclic) bond motifs is 1. The van der Waals surface area contributed by atoms with Gasteiger partial charge in [0.25, 0.3) is 0 Å². The van der Waals surface area contributed by atoms with Crippen molar-refractivity contribution in [2.45, 2.75) is 52.1 Å². The van der Waals surface area contributed by atoms with Gasteiger partial charge in [0.05, 0.1) is 13.2 Å². The average molecular weight is 332 g/mol. The van der Waals surface area contributed by atoms with Gasteiger partial charge in [-0.3, -0.25) is 4.79 Å². The number of ether oxygens (including phenoxy) is 2. The Hall–Kier alpha value is -1.75. The number of rotatable bonds is 5. The van der Waals surface area contributed by atoms with E-state index in [1.807, 2.05) is 24.8 Å². The molecule has 1 aromatic carbocycles. The van der Waals surface area contributed by atoms with E-state index in [0.29, 0.717) is 19.8 Å². The molecule has 2 unspecified atom stereocenters. The second-order valence-electron chi connectivity index (χ2n) is 6.71. The summed E-state index contributed by atoms with van der Waals surface area (Å²) < 4.78 is 11.4. The Labute approximate surface area is 144 Å². The van der Waals surface area contributed by atoms with Crippen molar-refractivity contribution in [2.75, 3.05) is 19.8 Å². The van der Waals surface area contributed by atoms with Crippen LogP contribution >= 0.6 is 0 Å². The summed E-state index contributed by atoms with van der Waals surface area (Å²) in [6.45, 7) is 6.59. The molecule has 3 rings (SSSR count). The first kappa shape index (κ1) is 17.1. The molecule has 2 atom stereocenters. The minimum absolute atomic E-state index is 0.107. The lowest BCUT2D eigenvalue weighted by atomic mass is 9.97. The first-order valence-electron chi connectivity index (χ1n) is 9.08. The summed E-state index contributed by atoms with van der Waals surface area (Å²) >= 11 is 0. The molecular weight excluding hydrogens is 304 g/mol. The van der Waals surface area contributed by atoms with Crippen molar-refractivity contribution in [3.63, 3.8) is 0 Å². The lowest BCUT2D eigenvalue weighted by molar-refractivity contribution is -0.136. The van der Waals surface area contributed by atoms with Crippen LogP contribution in [0, 0.1) is 5.92 Å². The highest BCUT2D eigenvalue weighted by Gasteiger charge is 2.32. The Morgan fingerprint density at radius 1 is 1.17 bits per heavy atom. The zero-order valence-electron chi connectivity index (χ0n) is 14.7. The summed E-state index contributed by atoms with van der Waals surface area (Å²) in [4.78, 5) is 14.7. The van der Waals surface area contributed by atoms with Crippen LogP contribution in [0.1, 0.15) is 44.2 Å². The number of nitrogens with zero attached hydrogens (tertiary/aromatic N) is 1. The third kappa shape index (κ3) is 3.51. The monoisotopic (exact) mass is 332 g/mol. The van der Waals surface area contributed by atoms with Gasteiger partial charge in [-0.15, -0.1) is 0 Å². The van der Waals surface area contributed by atoms with Crippen LogP contribution in [0.25, 0.3) is 0 Å². The van der Waals surface area contributed by atoms with Gasteiger partial charge in [-0.25, -0.2) is 0 Å². The molecule has 0 spiro atoms. The molecule has 5 nitrogen and oxygen atoms in total. The van der Waals surface area contributed by atoms with Crippen molar-refractivity contribution >= 4 is 5.91 Å². The van der Waals surface area contributed by atoms with Crippen molar-refractivity contribution in [2.24, 2.45) is 11.7 Å². The van der Waals surface area contributed by atoms with E-state index in [-0.39, 0.29) is 17.9 Å². The summed E-state index contributed by atoms with van der Waals surface area (Å²) in [5.74, 6) is 1.95. The number of hydrogen-bond donors (Lipinski definition) is 1. The third-order valence-corrected chi connectivity index (χ3v) is 5.01. The average Bonchev–Trinajstić information content (AvgIpc) is 3.01. The smallest absolute Gasteiger partial charge is 0.226 e. The Morgan fingerprint density at radius 3 is 2.42 bits per heavy atom. The van der Waals surface area contributed by atoms with Gasteiger partial charge in [0.1, 0.15) is 0 Å². The Kier molecular flexibility index (Phi) is 5.29. The molecule has 1 aromatic rings. The van der Waals surface area contributed by atoms with Gasteiger partial charge in [-0.2, -0.15) is 0 Å². The summed E-state index contributed by atoms with van der Waals surface area (Å²) in [5, 5.41) is 0. The molecular formula is C19H28N2O3. The lowest BCUT2D eigenvalue weighted by Gasteiger charge is -2.31. The standard InChI is InChI=1S/C19H28N2O3/c1-3-23-17-10-13-7-8-21(12-15(13)11-18(17)24-4-2)19(22)14-5-6-16(20)9-14/h10-11,14,16H,3-9,12,20H2,1-2H3. The van der Waals surface area contributed by atoms with Crippen LogP contribution in [-0.2, 0) is 17.8 Å². The maximum Gasteiger partial charge on any atom is 0.226 e. The van der Waals surface area contributed by atoms with Crippen LogP contribution in [0.3, 0.4) is 0 Å². The van der Waals surface area contributed by atoms with Crippen molar-refractivity contribution < 1.29 is 14.3 Å². The normalized spacial score (nSPS) is 23.0. The molecule has 5 heteroatoms. The van der Waals surface area contributed by atoms with E-state index in [4.69, 9.17) is 15.2 Å². The molecule has 0 radical (unpaired) electrons. The Morgan fingerprint density at radius 2 is 1.83 bits per heavy atom. The highest BCUT2D eigenvalue weighted by atomic mass is 16.5. The van der Waals surface area contributed by atoms with E-state index < -0.39 is 0 Å². The molecule has 1 fully saturated rings. The minimum Gasteiger partial charge on any atom is -0.490 e. The quantitative estimate of drug-likeness (QED) is 0.900. The van der Waals surface area contributed by atoms with E-state index in [0.717, 1.165) is 43.7 Å². The van der Waals surface area contributed by atoms with Crippen molar-refractivity contribution in [1.29, 1.82) is 0 Å². The summed E-state index contributed by atoms with van der Waals surface area (Å²) in [7, 11) is 0. The van der Waals surface area contributed by atoms with E-state index in [1.54, 1.807) is 0 Å². The number of amides is 1. The van der Waals surface area contributed by atoms with Gasteiger partial charge >= 0.3 is 0 Å². The molecule has 2 N–H and O–H groups in total. The zero-order valence-corrected chi connectivity index (χ0v) is 14.7. The fourth-order valence-corrected chi connectivity index (χ4v) is 3.79. The van der Waals surface area contributed by atoms with Crippen LogP contribution in [0.5, 0.6) is 11.5 Å². The number of carbonyl (C=O) groups is 1. The van der Waals surface area contributed by atoms with E-state index in [9.17, 15) is 4.79 Å². The topological polar surface area (TPSA) is 64.8 Å². The van der Waals surface area contributed by atoms with Crippen LogP contribution < -0.4 is 15.2 Å². The molecule has 1 aliphatic carbocycles. The molecule has 132 valence electrons. The number of hydrogen-bond acceptors (Lipinski definition) is 4. The predicted octanol–water partition coefficient (Wildman–Crippen LogP) is 2.50. The number of nitrogens with two attached hydrogens (primary N) is 1. The third-order valence-electron chi connectivity index (χ3n) is 5.01. The highest BCUT2D eigenvalue weighted by molar-refractivity contribution is 5.79. The van der Waals surface area contributed by atoms with Crippen molar-refractivity contribution in [3.05, 3.63) is 23.3 Å². The fraction of sp³-hybridized carbons (Fsp3) is 0.632. The van der Waals surface area contributed by atoms with E-state index in [2.05, 4.69) is 6.07 Å². The molecule has 0 aromatic heterocycles. The van der Waals surface area contributed by atoms with Crippen LogP contribution in [0.4, 0.5) is 0 Å². The van der Waals surface area contributed by atoms with E-state index >= 15 is 0 Å². The molecule has 0 bridgehead atoms. The van der Waals surface area contributed by atoms with Gasteiger partial charge in [0, 0.05) is 25.0 Å². The first-order valence-corrected chi connectivity index (χ1v) is 9.08. The maximum atomic E-state index is 12.8. The second kappa shape index (κ2) is 7.43. The Bertz CT molecular complexity index is 603. The molecule has 2 aliphatic rings. The molecule has 24 heavy (non-hydrogen) atoms. The number of benzene rings is 1. The van der Waals surface area contributed by atoms with Crippen LogP contribution in [0.15, 0.2) is 12.1 Å². The van der Waals surface area contributed by atoms with Crippen molar-refractivity contribution in [1.82, 2.24) is 4.90 Å². The highest BCUT2D eigenvalue weighted by Crippen LogP contribution is 2.35. The fourth-order valence-electron chi connectivity index (χ4n) is 3.79. The van der Waals surface area contributed by atoms with Crippen LogP contribution in [0.2, 0.25) is 0 Å². The molecule has 0 saturated heterocycles. The van der Waals surface area contributed by atoms with Crippen LogP contribution in [-0.4, -0.2) is 36.6 Å². The molecule has 1 heterocycles. The summed E-state index contributed by atoms with van der Waals surface area (Å²) in [5.41, 5.74) is 8.39. The Balaban J connectivity index is 1.77. The first-order chi connectivity index (χ1) is 11.6. The van der Waals surface area contributed by atoms with Gasteiger partial charge < -0.3 is 20.1 Å². The van der Waals surface area contributed by atoms with Gasteiger partial charge in [0.2, 0.25) is 5.91 Å². The molecule has 1 amide bonds. The van der Waals surface area contributed by atoms with Gasteiger partial charge in [0.15, 0.2) is 11.5 Å². The summed E-state index contributed by atoms with van der Waals surface area (Å²) in [6.07, 6.45) is 3.59. The van der Waals surface area contributed by atoms with Crippen molar-refractivity contribution in [3.8, 4) is 11.5 Å². The predicted molar refractivity (Wildman–Crippen MR) is 93.2 cm³/mol. The van der Waals surface area contributed by atoms with E-state index in [1.165, 1.54) is 11.1 Å². The number of carbonyl (C=O) groups excluding carboxylic acids is 1. The van der Waals surface area contributed by atoms with Gasteiger partial charge in [-0.1, -0.05) is 0 Å². The van der Waals surface area contributed by atoms with Gasteiger partial charge in [-0.05, 0) is 62.8 Å². The molecule has 1 saturated carbocycles. The SMILES string of the molecule is CCOc1cc2c(cc1OCC)CN(C(=O)C1CCC(N)C1)CC2. The zero-order chi connectivity index (χ0) is 17.1. The largest absolute Gasteiger partial charge is 0.490 e. The maximum absolute atomic E-state index is 12.8. The summed E-state index contributed by atoms with van der Waals surface area (Å²) in [6, 6.07) is 4.31. The second-order valence-corrected chi connectivity index (χ2v) is 6.71. The minimum atomic E-state index is 0.107.